The highest BCUT2D eigenvalue weighted by atomic mass is 19.1. The molecule has 4 rings (SSSR count). The number of nitrogens with zero attached hydrogens (tertiary/aromatic N) is 3. The van der Waals surface area contributed by atoms with Crippen molar-refractivity contribution < 1.29 is 18.3 Å². The number of aromatic nitrogens is 1. The molecule has 3 aromatic rings. The van der Waals surface area contributed by atoms with Crippen LogP contribution in [0.25, 0.3) is 11.3 Å². The molecule has 0 atom stereocenters. The maximum absolute atomic E-state index is 14.0. The van der Waals surface area contributed by atoms with Crippen molar-refractivity contribution in [3.8, 4) is 17.1 Å². The van der Waals surface area contributed by atoms with Gasteiger partial charge in [-0.3, -0.25) is 4.79 Å². The third-order valence-electron chi connectivity index (χ3n) is 5.29. The number of ether oxygens (including phenoxy) is 1. The zero-order valence-electron chi connectivity index (χ0n) is 16.9. The molecule has 1 fully saturated rings. The van der Waals surface area contributed by atoms with Crippen molar-refractivity contribution in [1.29, 1.82) is 0 Å². The van der Waals surface area contributed by atoms with E-state index in [0.29, 0.717) is 56.4 Å². The zero-order valence-corrected chi connectivity index (χ0v) is 16.9. The van der Waals surface area contributed by atoms with Crippen LogP contribution in [0.4, 0.5) is 10.1 Å². The number of benzene rings is 2. The summed E-state index contributed by atoms with van der Waals surface area (Å²) in [6.07, 6.45) is 2.44. The van der Waals surface area contributed by atoms with Gasteiger partial charge in [0.2, 0.25) is 5.91 Å². The van der Waals surface area contributed by atoms with Crippen molar-refractivity contribution in [2.24, 2.45) is 0 Å². The van der Waals surface area contributed by atoms with Gasteiger partial charge in [0.15, 0.2) is 11.7 Å². The first-order chi connectivity index (χ1) is 14.6. The third-order valence-corrected chi connectivity index (χ3v) is 5.29. The Bertz CT molecular complexity index is 1010. The van der Waals surface area contributed by atoms with E-state index in [1.807, 2.05) is 40.1 Å². The van der Waals surface area contributed by atoms with Crippen LogP contribution in [0.1, 0.15) is 12.3 Å². The van der Waals surface area contributed by atoms with Gasteiger partial charge in [-0.05, 0) is 24.3 Å². The molecule has 1 amide bonds. The van der Waals surface area contributed by atoms with E-state index in [1.54, 1.807) is 25.4 Å². The maximum atomic E-state index is 14.0. The maximum Gasteiger partial charge on any atom is 0.223 e. The van der Waals surface area contributed by atoms with Gasteiger partial charge in [0, 0.05) is 44.6 Å². The van der Waals surface area contributed by atoms with Gasteiger partial charge in [-0.1, -0.05) is 24.3 Å². The smallest absolute Gasteiger partial charge is 0.223 e. The molecule has 156 valence electrons. The van der Waals surface area contributed by atoms with E-state index in [1.165, 1.54) is 6.07 Å². The van der Waals surface area contributed by atoms with Gasteiger partial charge < -0.3 is 19.0 Å². The molecule has 1 aliphatic rings. The molecule has 1 saturated heterocycles. The average Bonchev–Trinajstić information content (AvgIpc) is 3.27. The second-order valence-electron chi connectivity index (χ2n) is 7.17. The Morgan fingerprint density at radius 1 is 1.13 bits per heavy atom. The van der Waals surface area contributed by atoms with E-state index >= 15 is 0 Å². The minimum atomic E-state index is -0.229. The highest BCUT2D eigenvalue weighted by molar-refractivity contribution is 5.76. The molecular formula is C23H24FN3O3. The number of anilines is 1. The lowest BCUT2D eigenvalue weighted by molar-refractivity contribution is -0.131. The monoisotopic (exact) mass is 409 g/mol. The van der Waals surface area contributed by atoms with E-state index in [-0.39, 0.29) is 11.7 Å². The number of piperazine rings is 1. The highest BCUT2D eigenvalue weighted by Crippen LogP contribution is 2.25. The van der Waals surface area contributed by atoms with Gasteiger partial charge in [0.1, 0.15) is 11.6 Å². The summed E-state index contributed by atoms with van der Waals surface area (Å²) in [5, 5.41) is 0. The number of hydrogen-bond donors (Lipinski definition) is 0. The van der Waals surface area contributed by atoms with Crippen molar-refractivity contribution in [2.75, 3.05) is 38.2 Å². The zero-order chi connectivity index (χ0) is 20.9. The van der Waals surface area contributed by atoms with E-state index in [2.05, 4.69) is 4.98 Å². The van der Waals surface area contributed by atoms with Crippen LogP contribution in [0.3, 0.4) is 0 Å². The Morgan fingerprint density at radius 3 is 2.70 bits per heavy atom. The molecule has 6 nitrogen and oxygen atoms in total. The van der Waals surface area contributed by atoms with E-state index in [0.717, 1.165) is 11.3 Å². The summed E-state index contributed by atoms with van der Waals surface area (Å²) >= 11 is 0. The van der Waals surface area contributed by atoms with Crippen LogP contribution in [0.2, 0.25) is 0 Å². The quantitative estimate of drug-likeness (QED) is 0.620. The largest absolute Gasteiger partial charge is 0.497 e. The molecule has 0 bridgehead atoms. The van der Waals surface area contributed by atoms with Crippen LogP contribution in [-0.2, 0) is 11.2 Å². The first-order valence-corrected chi connectivity index (χ1v) is 10.0. The molecule has 7 heteroatoms. The number of methoxy groups -OCH3 is 1. The summed E-state index contributed by atoms with van der Waals surface area (Å²) in [5.41, 5.74) is 1.47. The summed E-state index contributed by atoms with van der Waals surface area (Å²) in [6, 6.07) is 14.3. The number of amides is 1. The molecule has 1 aromatic heterocycles. The van der Waals surface area contributed by atoms with Gasteiger partial charge in [-0.2, -0.15) is 0 Å². The Morgan fingerprint density at radius 2 is 1.93 bits per heavy atom. The van der Waals surface area contributed by atoms with Crippen LogP contribution >= 0.6 is 0 Å². The highest BCUT2D eigenvalue weighted by Gasteiger charge is 2.23. The van der Waals surface area contributed by atoms with Gasteiger partial charge in [0.25, 0.3) is 0 Å². The minimum Gasteiger partial charge on any atom is -0.497 e. The first-order valence-electron chi connectivity index (χ1n) is 10.0. The SMILES string of the molecule is COc1cccc(-c2cnc(CCC(=O)N3CCN(c4ccccc4F)CC3)o2)c1. The Balaban J connectivity index is 1.29. The van der Waals surface area contributed by atoms with Crippen LogP contribution in [0.15, 0.2) is 59.1 Å². The molecule has 0 radical (unpaired) electrons. The van der Waals surface area contributed by atoms with Crippen LogP contribution in [-0.4, -0.2) is 49.1 Å². The molecule has 0 N–H and O–H groups in total. The van der Waals surface area contributed by atoms with Gasteiger partial charge in [-0.15, -0.1) is 0 Å². The number of para-hydroxylation sites is 1. The number of oxazole rings is 1. The van der Waals surface area contributed by atoms with E-state index in [4.69, 9.17) is 9.15 Å². The van der Waals surface area contributed by atoms with Crippen molar-refractivity contribution >= 4 is 11.6 Å². The Kier molecular flexibility index (Phi) is 5.97. The topological polar surface area (TPSA) is 58.8 Å². The van der Waals surface area contributed by atoms with Crippen molar-refractivity contribution in [1.82, 2.24) is 9.88 Å². The molecule has 2 heterocycles. The fourth-order valence-corrected chi connectivity index (χ4v) is 3.61. The van der Waals surface area contributed by atoms with E-state index < -0.39 is 0 Å². The summed E-state index contributed by atoms with van der Waals surface area (Å²) in [6.45, 7) is 2.39. The number of halogens is 1. The summed E-state index contributed by atoms with van der Waals surface area (Å²) in [7, 11) is 1.62. The lowest BCUT2D eigenvalue weighted by atomic mass is 10.2. The first kappa shape index (κ1) is 19.9. The van der Waals surface area contributed by atoms with Gasteiger partial charge >= 0.3 is 0 Å². The van der Waals surface area contributed by atoms with Crippen molar-refractivity contribution in [3.63, 3.8) is 0 Å². The average molecular weight is 409 g/mol. The summed E-state index contributed by atoms with van der Waals surface area (Å²) < 4.78 is 25.0. The predicted octanol–water partition coefficient (Wildman–Crippen LogP) is 3.77. The number of carbonyl (C=O) groups excluding carboxylic acids is 1. The standard InChI is InChI=1S/C23H24FN3O3/c1-29-18-6-4-5-17(15-18)21-16-25-22(30-21)9-10-23(28)27-13-11-26(12-14-27)20-8-3-2-7-19(20)24/h2-8,15-16H,9-14H2,1H3. The number of hydrogen-bond acceptors (Lipinski definition) is 5. The minimum absolute atomic E-state index is 0.0595. The molecule has 30 heavy (non-hydrogen) atoms. The molecule has 0 aliphatic carbocycles. The predicted molar refractivity (Wildman–Crippen MR) is 112 cm³/mol. The number of rotatable bonds is 6. The van der Waals surface area contributed by atoms with Gasteiger partial charge in [0.05, 0.1) is 19.0 Å². The number of carbonyl (C=O) groups is 1. The van der Waals surface area contributed by atoms with Gasteiger partial charge in [-0.25, -0.2) is 9.37 Å². The lowest BCUT2D eigenvalue weighted by Gasteiger charge is -2.36. The van der Waals surface area contributed by atoms with Crippen molar-refractivity contribution in [2.45, 2.75) is 12.8 Å². The Hall–Kier alpha value is -3.35. The van der Waals surface area contributed by atoms with Crippen LogP contribution in [0.5, 0.6) is 5.75 Å². The van der Waals surface area contributed by atoms with Crippen LogP contribution in [0, 0.1) is 5.82 Å². The normalized spacial score (nSPS) is 14.1. The summed E-state index contributed by atoms with van der Waals surface area (Å²) in [5.74, 6) is 1.76. The Labute approximate surface area is 174 Å². The van der Waals surface area contributed by atoms with E-state index in [9.17, 15) is 9.18 Å². The molecule has 0 saturated carbocycles. The van der Waals surface area contributed by atoms with Crippen molar-refractivity contribution in [3.05, 3.63) is 66.4 Å². The third kappa shape index (κ3) is 4.45. The molecule has 0 unspecified atom stereocenters. The second kappa shape index (κ2) is 8.98. The molecule has 0 spiro atoms. The number of aryl methyl sites for hydroxylation is 1. The molecule has 1 aliphatic heterocycles. The fourth-order valence-electron chi connectivity index (χ4n) is 3.61. The lowest BCUT2D eigenvalue weighted by Crippen LogP contribution is -2.49. The molecular weight excluding hydrogens is 385 g/mol. The van der Waals surface area contributed by atoms with Crippen LogP contribution < -0.4 is 9.64 Å². The fraction of sp³-hybridized carbons (Fsp3) is 0.304. The summed E-state index contributed by atoms with van der Waals surface area (Å²) in [4.78, 5) is 20.7. The molecule has 2 aromatic carbocycles. The second-order valence-corrected chi connectivity index (χ2v) is 7.17.